The summed E-state index contributed by atoms with van der Waals surface area (Å²) in [6, 6.07) is 27.6. The van der Waals surface area contributed by atoms with Crippen LogP contribution in [0.4, 0.5) is 0 Å². The van der Waals surface area contributed by atoms with Gasteiger partial charge in [-0.05, 0) is 28.8 Å². The molecule has 0 aromatic heterocycles. The third-order valence-corrected chi connectivity index (χ3v) is 10.5. The lowest BCUT2D eigenvalue weighted by molar-refractivity contribution is -0.166. The fraction of sp³-hybridized carbons (Fsp3) is 0.310. The molecule has 3 aromatic rings. The van der Waals surface area contributed by atoms with Crippen LogP contribution in [0.2, 0.25) is 0 Å². The van der Waals surface area contributed by atoms with Crippen molar-refractivity contribution in [2.45, 2.75) is 27.4 Å². The SMILES string of the molecule is COc1ccc(C2SC3(COCc4ccccc4)C(=O)N(C)C(Cc4ccccc4)(S2)C(=O)N3C)cc1. The van der Waals surface area contributed by atoms with Gasteiger partial charge in [-0.3, -0.25) is 9.59 Å². The minimum absolute atomic E-state index is 0.0877. The van der Waals surface area contributed by atoms with Gasteiger partial charge in [-0.1, -0.05) is 72.8 Å². The van der Waals surface area contributed by atoms with Gasteiger partial charge < -0.3 is 19.3 Å². The molecule has 3 aliphatic rings. The highest BCUT2D eigenvalue weighted by atomic mass is 32.2. The Morgan fingerprint density at radius 2 is 1.30 bits per heavy atom. The summed E-state index contributed by atoms with van der Waals surface area (Å²) in [4.78, 5) is 29.5. The van der Waals surface area contributed by atoms with Crippen molar-refractivity contribution >= 4 is 35.3 Å². The molecule has 0 spiro atoms. The van der Waals surface area contributed by atoms with Crippen molar-refractivity contribution in [1.29, 1.82) is 0 Å². The van der Waals surface area contributed by atoms with E-state index in [0.717, 1.165) is 22.4 Å². The van der Waals surface area contributed by atoms with Crippen LogP contribution in [0.15, 0.2) is 84.9 Å². The molecular formula is C29H30N2O4S2. The molecule has 0 saturated carbocycles. The highest BCUT2D eigenvalue weighted by molar-refractivity contribution is 8.18. The number of carbonyl (C=O) groups excluding carboxylic acids is 2. The summed E-state index contributed by atoms with van der Waals surface area (Å²) in [7, 11) is 5.13. The van der Waals surface area contributed by atoms with Gasteiger partial charge in [0.25, 0.3) is 11.8 Å². The van der Waals surface area contributed by atoms with Gasteiger partial charge in [0.1, 0.15) is 5.75 Å². The first-order valence-electron chi connectivity index (χ1n) is 12.1. The average Bonchev–Trinajstić information content (AvgIpc) is 3.09. The van der Waals surface area contributed by atoms with E-state index in [9.17, 15) is 9.59 Å². The van der Waals surface area contributed by atoms with Crippen LogP contribution < -0.4 is 4.74 Å². The Morgan fingerprint density at radius 1 is 0.757 bits per heavy atom. The molecule has 3 heterocycles. The molecule has 3 saturated heterocycles. The fourth-order valence-electron chi connectivity index (χ4n) is 4.86. The predicted octanol–water partition coefficient (Wildman–Crippen LogP) is 4.96. The molecular weight excluding hydrogens is 504 g/mol. The second-order valence-electron chi connectivity index (χ2n) is 9.28. The van der Waals surface area contributed by atoms with Gasteiger partial charge in [0.2, 0.25) is 0 Å². The van der Waals surface area contributed by atoms with Crippen molar-refractivity contribution in [2.24, 2.45) is 0 Å². The largest absolute Gasteiger partial charge is 0.497 e. The predicted molar refractivity (Wildman–Crippen MR) is 148 cm³/mol. The van der Waals surface area contributed by atoms with E-state index in [0.29, 0.717) is 13.0 Å². The standard InChI is InChI=1S/C29H30N2O4S2/c1-30-27(33)29(20-35-19-22-12-8-5-9-13-22)31(2)26(32)28(30,18-21-10-6-4-7-11-21)36-25(37-29)23-14-16-24(34-3)17-15-23/h4-17,25H,18-20H2,1-3H3. The lowest BCUT2D eigenvalue weighted by Gasteiger charge is -2.51. The first-order chi connectivity index (χ1) is 17.9. The highest BCUT2D eigenvalue weighted by Crippen LogP contribution is 2.61. The molecule has 6 rings (SSSR count). The van der Waals surface area contributed by atoms with Crippen LogP contribution in [0.1, 0.15) is 21.3 Å². The third-order valence-electron chi connectivity index (χ3n) is 7.05. The van der Waals surface area contributed by atoms with Crippen LogP contribution >= 0.6 is 23.5 Å². The summed E-state index contributed by atoms with van der Waals surface area (Å²) in [5, 5.41) is 0. The molecule has 0 radical (unpaired) electrons. The topological polar surface area (TPSA) is 59.1 Å². The van der Waals surface area contributed by atoms with E-state index >= 15 is 0 Å². The number of carbonyl (C=O) groups is 2. The quantitative estimate of drug-likeness (QED) is 0.407. The van der Waals surface area contributed by atoms with Gasteiger partial charge in [-0.2, -0.15) is 0 Å². The first kappa shape index (κ1) is 25.7. The molecule has 0 N–H and O–H groups in total. The molecule has 192 valence electrons. The number of rotatable bonds is 8. The summed E-state index contributed by atoms with van der Waals surface area (Å²) in [5.74, 6) is 0.555. The van der Waals surface area contributed by atoms with Crippen LogP contribution in [0, 0.1) is 0 Å². The molecule has 3 aliphatic heterocycles. The van der Waals surface area contributed by atoms with Crippen molar-refractivity contribution in [3.05, 3.63) is 102 Å². The second-order valence-corrected chi connectivity index (χ2v) is 12.3. The van der Waals surface area contributed by atoms with Gasteiger partial charge in [0, 0.05) is 20.5 Å². The number of ether oxygens (including phenoxy) is 2. The number of likely N-dealkylation sites (N-methyl/N-ethyl adjacent to an activating group) is 2. The summed E-state index contributed by atoms with van der Waals surface area (Å²) >= 11 is 3.02. The molecule has 2 bridgehead atoms. The fourth-order valence-corrected chi connectivity index (χ4v) is 8.66. The first-order valence-corrected chi connectivity index (χ1v) is 13.9. The van der Waals surface area contributed by atoms with E-state index in [1.165, 1.54) is 23.5 Å². The summed E-state index contributed by atoms with van der Waals surface area (Å²) in [5.41, 5.74) is 3.04. The lowest BCUT2D eigenvalue weighted by atomic mass is 9.98. The van der Waals surface area contributed by atoms with Gasteiger partial charge >= 0.3 is 0 Å². The Kier molecular flexibility index (Phi) is 7.25. The number of nitrogens with zero attached hydrogens (tertiary/aromatic N) is 2. The molecule has 0 aliphatic carbocycles. The smallest absolute Gasteiger partial charge is 0.262 e. The number of hydrogen-bond donors (Lipinski definition) is 0. The van der Waals surface area contributed by atoms with Gasteiger partial charge in [-0.15, -0.1) is 23.5 Å². The van der Waals surface area contributed by atoms with Gasteiger partial charge in [-0.25, -0.2) is 0 Å². The second kappa shape index (κ2) is 10.4. The summed E-state index contributed by atoms with van der Waals surface area (Å²) < 4.78 is 11.3. The normalized spacial score (nSPS) is 25.3. The van der Waals surface area contributed by atoms with E-state index in [-0.39, 0.29) is 23.0 Å². The maximum absolute atomic E-state index is 14.2. The minimum atomic E-state index is -1.19. The van der Waals surface area contributed by atoms with E-state index in [1.54, 1.807) is 31.0 Å². The maximum Gasteiger partial charge on any atom is 0.262 e. The zero-order chi connectivity index (χ0) is 26.0. The van der Waals surface area contributed by atoms with Crippen molar-refractivity contribution in [1.82, 2.24) is 9.80 Å². The Hall–Kier alpha value is -2.94. The van der Waals surface area contributed by atoms with E-state index in [4.69, 9.17) is 9.47 Å². The van der Waals surface area contributed by atoms with E-state index in [2.05, 4.69) is 0 Å². The number of piperazine rings is 1. The van der Waals surface area contributed by atoms with Gasteiger partial charge in [0.15, 0.2) is 9.74 Å². The van der Waals surface area contributed by atoms with E-state index < -0.39 is 9.74 Å². The van der Waals surface area contributed by atoms with Gasteiger partial charge in [0.05, 0.1) is 24.9 Å². The summed E-state index contributed by atoms with van der Waals surface area (Å²) in [6.45, 7) is 0.449. The van der Waals surface area contributed by atoms with Crippen LogP contribution in [0.25, 0.3) is 0 Å². The zero-order valence-electron chi connectivity index (χ0n) is 21.1. The Labute approximate surface area is 226 Å². The highest BCUT2D eigenvalue weighted by Gasteiger charge is 2.66. The van der Waals surface area contributed by atoms with Crippen molar-refractivity contribution in [3.63, 3.8) is 0 Å². The number of fused-ring (bicyclic) bond motifs is 4. The molecule has 8 heteroatoms. The lowest BCUT2D eigenvalue weighted by Crippen LogP contribution is -2.73. The maximum atomic E-state index is 14.2. The molecule has 37 heavy (non-hydrogen) atoms. The monoisotopic (exact) mass is 534 g/mol. The van der Waals surface area contributed by atoms with Crippen LogP contribution in [-0.2, 0) is 27.4 Å². The van der Waals surface area contributed by atoms with Crippen LogP contribution in [0.3, 0.4) is 0 Å². The summed E-state index contributed by atoms with van der Waals surface area (Å²) in [6.07, 6.45) is 0.415. The molecule has 3 fully saturated rings. The van der Waals surface area contributed by atoms with Crippen LogP contribution in [-0.4, -0.2) is 59.2 Å². The molecule has 2 amide bonds. The van der Waals surface area contributed by atoms with Crippen LogP contribution in [0.5, 0.6) is 5.75 Å². The average molecular weight is 535 g/mol. The number of benzene rings is 3. The minimum Gasteiger partial charge on any atom is -0.497 e. The Bertz CT molecular complexity index is 1260. The molecule has 6 nitrogen and oxygen atoms in total. The van der Waals surface area contributed by atoms with Crippen molar-refractivity contribution < 1.29 is 19.1 Å². The number of hydrogen-bond acceptors (Lipinski definition) is 6. The number of amides is 2. The van der Waals surface area contributed by atoms with Crippen molar-refractivity contribution in [2.75, 3.05) is 27.8 Å². The molecule has 3 aromatic carbocycles. The molecule has 3 unspecified atom stereocenters. The van der Waals surface area contributed by atoms with Crippen molar-refractivity contribution in [3.8, 4) is 5.75 Å². The third kappa shape index (κ3) is 4.62. The number of thioether (sulfide) groups is 2. The van der Waals surface area contributed by atoms with E-state index in [1.807, 2.05) is 84.9 Å². The Balaban J connectivity index is 1.54. The zero-order valence-corrected chi connectivity index (χ0v) is 22.8. The Morgan fingerprint density at radius 3 is 1.92 bits per heavy atom. The molecule has 3 atom stereocenters. The number of methoxy groups -OCH3 is 1.